The molecule has 1 aliphatic heterocycles. The number of aromatic nitrogens is 3. The first-order valence-corrected chi connectivity index (χ1v) is 10.1. The van der Waals surface area contributed by atoms with Gasteiger partial charge in [-0.3, -0.25) is 4.79 Å². The summed E-state index contributed by atoms with van der Waals surface area (Å²) in [7, 11) is 1.65. The van der Waals surface area contributed by atoms with Gasteiger partial charge in [-0.05, 0) is 56.4 Å². The van der Waals surface area contributed by atoms with E-state index in [1.54, 1.807) is 7.11 Å². The van der Waals surface area contributed by atoms with Gasteiger partial charge in [0.1, 0.15) is 17.3 Å². The highest BCUT2D eigenvalue weighted by molar-refractivity contribution is 5.98. The smallest absolute Gasteiger partial charge is 0.270 e. The molecule has 2 aromatic heterocycles. The Balaban J connectivity index is 1.29. The minimum Gasteiger partial charge on any atom is -0.497 e. The molecule has 1 saturated carbocycles. The number of methoxy groups -OCH3 is 1. The molecular formula is C22H26N4O2. The number of amides is 1. The first-order valence-electron chi connectivity index (χ1n) is 10.1. The van der Waals surface area contributed by atoms with Gasteiger partial charge in [0, 0.05) is 48.3 Å². The normalized spacial score (nSPS) is 19.5. The Hall–Kier alpha value is -2.76. The zero-order valence-electron chi connectivity index (χ0n) is 16.4. The van der Waals surface area contributed by atoms with Gasteiger partial charge in [0.15, 0.2) is 0 Å². The molecule has 3 heterocycles. The maximum absolute atomic E-state index is 13.0. The fourth-order valence-corrected chi connectivity index (χ4v) is 4.33. The van der Waals surface area contributed by atoms with E-state index in [1.807, 2.05) is 35.4 Å². The van der Waals surface area contributed by atoms with Crippen LogP contribution in [-0.2, 0) is 6.54 Å². The van der Waals surface area contributed by atoms with Gasteiger partial charge in [-0.25, -0.2) is 4.98 Å². The average molecular weight is 378 g/mol. The van der Waals surface area contributed by atoms with E-state index in [4.69, 9.17) is 4.74 Å². The van der Waals surface area contributed by atoms with Crippen molar-refractivity contribution in [2.45, 2.75) is 38.6 Å². The second-order valence-electron chi connectivity index (χ2n) is 8.18. The van der Waals surface area contributed by atoms with Crippen LogP contribution in [-0.4, -0.2) is 45.5 Å². The van der Waals surface area contributed by atoms with E-state index in [-0.39, 0.29) is 5.91 Å². The number of aromatic amines is 1. The minimum atomic E-state index is 0.0856. The third-order valence-corrected chi connectivity index (χ3v) is 6.10. The molecule has 1 N–H and O–H groups in total. The molecular weight excluding hydrogens is 352 g/mol. The molecule has 0 radical (unpaired) electrons. The second kappa shape index (κ2) is 6.69. The van der Waals surface area contributed by atoms with Crippen molar-refractivity contribution in [3.8, 4) is 5.75 Å². The summed E-state index contributed by atoms with van der Waals surface area (Å²) < 4.78 is 7.66. The molecule has 0 spiro atoms. The predicted molar refractivity (Wildman–Crippen MR) is 108 cm³/mol. The Bertz CT molecular complexity index is 1030. The van der Waals surface area contributed by atoms with Crippen LogP contribution in [0.5, 0.6) is 5.75 Å². The van der Waals surface area contributed by atoms with E-state index in [2.05, 4.69) is 21.5 Å². The number of H-pyrrole nitrogens is 1. The van der Waals surface area contributed by atoms with Crippen LogP contribution in [0.3, 0.4) is 0 Å². The van der Waals surface area contributed by atoms with Crippen LogP contribution < -0.4 is 4.74 Å². The van der Waals surface area contributed by atoms with E-state index < -0.39 is 0 Å². The Labute approximate surface area is 164 Å². The highest BCUT2D eigenvalue weighted by Crippen LogP contribution is 2.40. The second-order valence-corrected chi connectivity index (χ2v) is 8.18. The van der Waals surface area contributed by atoms with E-state index in [0.29, 0.717) is 17.5 Å². The number of imidazole rings is 1. The molecule has 146 valence electrons. The van der Waals surface area contributed by atoms with Crippen LogP contribution in [0.25, 0.3) is 10.9 Å². The Morgan fingerprint density at radius 2 is 2.14 bits per heavy atom. The van der Waals surface area contributed by atoms with Gasteiger partial charge in [0.25, 0.3) is 5.91 Å². The summed E-state index contributed by atoms with van der Waals surface area (Å²) in [5, 5.41) is 1.00. The molecule has 1 saturated heterocycles. The Kier molecular flexibility index (Phi) is 4.14. The van der Waals surface area contributed by atoms with Crippen molar-refractivity contribution in [3.05, 3.63) is 47.7 Å². The summed E-state index contributed by atoms with van der Waals surface area (Å²) in [6, 6.07) is 7.75. The van der Waals surface area contributed by atoms with Gasteiger partial charge in [-0.2, -0.15) is 0 Å². The lowest BCUT2D eigenvalue weighted by molar-refractivity contribution is 0.0781. The molecule has 1 aliphatic carbocycles. The highest BCUT2D eigenvalue weighted by Gasteiger charge is 2.32. The van der Waals surface area contributed by atoms with E-state index in [1.165, 1.54) is 24.4 Å². The first-order chi connectivity index (χ1) is 13.6. The van der Waals surface area contributed by atoms with Crippen molar-refractivity contribution in [2.24, 2.45) is 5.92 Å². The lowest BCUT2D eigenvalue weighted by Gasteiger charge is -2.17. The molecule has 1 atom stereocenters. The summed E-state index contributed by atoms with van der Waals surface area (Å²) in [5.74, 6) is 3.26. The molecule has 6 nitrogen and oxygen atoms in total. The van der Waals surface area contributed by atoms with Crippen LogP contribution in [0.2, 0.25) is 0 Å². The largest absolute Gasteiger partial charge is 0.497 e. The number of ether oxygens (including phenoxy) is 1. The van der Waals surface area contributed by atoms with E-state index in [0.717, 1.165) is 42.7 Å². The first kappa shape index (κ1) is 17.3. The number of nitrogens with one attached hydrogen (secondary N) is 1. The van der Waals surface area contributed by atoms with Crippen molar-refractivity contribution < 1.29 is 9.53 Å². The molecule has 1 aromatic carbocycles. The number of aryl methyl sites for hydroxylation is 1. The zero-order valence-corrected chi connectivity index (χ0v) is 16.4. The number of benzene rings is 1. The van der Waals surface area contributed by atoms with Gasteiger partial charge in [0.2, 0.25) is 0 Å². The average Bonchev–Trinajstić information content (AvgIpc) is 3.13. The fraction of sp³-hybridized carbons (Fsp3) is 0.455. The number of carbonyl (C=O) groups excluding carboxylic acids is 1. The minimum absolute atomic E-state index is 0.0856. The Morgan fingerprint density at radius 3 is 2.93 bits per heavy atom. The molecule has 1 amide bonds. The molecule has 2 fully saturated rings. The van der Waals surface area contributed by atoms with Gasteiger partial charge < -0.3 is 19.2 Å². The third kappa shape index (κ3) is 3.07. The zero-order chi connectivity index (χ0) is 19.3. The molecule has 0 bridgehead atoms. The number of fused-ring (bicyclic) bond motifs is 1. The molecule has 3 aromatic rings. The number of hydrogen-bond acceptors (Lipinski definition) is 3. The third-order valence-electron chi connectivity index (χ3n) is 6.10. The summed E-state index contributed by atoms with van der Waals surface area (Å²) in [6.07, 6.45) is 5.56. The number of rotatable bonds is 5. The lowest BCUT2D eigenvalue weighted by Crippen LogP contribution is -2.29. The van der Waals surface area contributed by atoms with Crippen LogP contribution in [0.15, 0.2) is 30.5 Å². The Morgan fingerprint density at radius 1 is 1.29 bits per heavy atom. The van der Waals surface area contributed by atoms with Gasteiger partial charge in [-0.1, -0.05) is 0 Å². The maximum atomic E-state index is 13.0. The van der Waals surface area contributed by atoms with Gasteiger partial charge >= 0.3 is 0 Å². The van der Waals surface area contributed by atoms with Crippen molar-refractivity contribution in [1.82, 2.24) is 19.4 Å². The van der Waals surface area contributed by atoms with Crippen LogP contribution in [0.1, 0.15) is 47.2 Å². The maximum Gasteiger partial charge on any atom is 0.270 e. The number of hydrogen-bond donors (Lipinski definition) is 1. The van der Waals surface area contributed by atoms with E-state index in [9.17, 15) is 4.79 Å². The number of nitrogens with zero attached hydrogens (tertiary/aromatic N) is 3. The molecule has 2 aliphatic rings. The quantitative estimate of drug-likeness (QED) is 0.736. The SMILES string of the molecule is COc1ccc2[nH]c(C(=O)N3CCC(Cn4c(C)cnc4C4CC4)C3)cc2c1. The van der Waals surface area contributed by atoms with Crippen LogP contribution >= 0.6 is 0 Å². The van der Waals surface area contributed by atoms with Crippen LogP contribution in [0, 0.1) is 12.8 Å². The monoisotopic (exact) mass is 378 g/mol. The number of likely N-dealkylation sites (tertiary alicyclic amines) is 1. The summed E-state index contributed by atoms with van der Waals surface area (Å²) >= 11 is 0. The highest BCUT2D eigenvalue weighted by atomic mass is 16.5. The number of carbonyl (C=O) groups is 1. The summed E-state index contributed by atoms with van der Waals surface area (Å²) in [5.41, 5.74) is 2.85. The van der Waals surface area contributed by atoms with Gasteiger partial charge in [-0.15, -0.1) is 0 Å². The van der Waals surface area contributed by atoms with Crippen molar-refractivity contribution in [1.29, 1.82) is 0 Å². The summed E-state index contributed by atoms with van der Waals surface area (Å²) in [4.78, 5) is 22.9. The standard InChI is InChI=1S/C22H26N4O2/c1-14-11-23-21(16-3-4-16)26(14)13-15-7-8-25(12-15)22(27)20-10-17-9-18(28-2)5-6-19(17)24-20/h5-6,9-11,15-16,24H,3-4,7-8,12-13H2,1-2H3. The molecule has 5 rings (SSSR count). The lowest BCUT2D eigenvalue weighted by atomic mass is 10.1. The van der Waals surface area contributed by atoms with Crippen molar-refractivity contribution in [2.75, 3.05) is 20.2 Å². The van der Waals surface area contributed by atoms with Crippen molar-refractivity contribution >= 4 is 16.8 Å². The fourth-order valence-electron chi connectivity index (χ4n) is 4.33. The molecule has 28 heavy (non-hydrogen) atoms. The predicted octanol–water partition coefficient (Wildman–Crippen LogP) is 3.72. The van der Waals surface area contributed by atoms with Crippen LogP contribution in [0.4, 0.5) is 0 Å². The van der Waals surface area contributed by atoms with Crippen molar-refractivity contribution in [3.63, 3.8) is 0 Å². The molecule has 1 unspecified atom stereocenters. The molecule has 6 heteroatoms. The summed E-state index contributed by atoms with van der Waals surface area (Å²) in [6.45, 7) is 4.72. The van der Waals surface area contributed by atoms with E-state index >= 15 is 0 Å². The van der Waals surface area contributed by atoms with Gasteiger partial charge in [0.05, 0.1) is 7.11 Å². The topological polar surface area (TPSA) is 63.2 Å².